The molecule has 0 saturated carbocycles. The van der Waals surface area contributed by atoms with E-state index in [-0.39, 0.29) is 5.97 Å². The molecule has 1 unspecified atom stereocenters. The van der Waals surface area contributed by atoms with Gasteiger partial charge in [-0.3, -0.25) is 4.79 Å². The minimum atomic E-state index is -0.486. The minimum absolute atomic E-state index is 0.330. The third kappa shape index (κ3) is 4.23. The molecular formula is C7H15NO2S2. The van der Waals surface area contributed by atoms with Crippen molar-refractivity contribution in [1.29, 1.82) is 0 Å². The number of methoxy groups -OCH3 is 1. The zero-order chi connectivity index (χ0) is 9.56. The van der Waals surface area contributed by atoms with E-state index in [1.165, 1.54) is 7.11 Å². The van der Waals surface area contributed by atoms with Crippen LogP contribution in [0, 0.1) is 0 Å². The fourth-order valence-corrected chi connectivity index (χ4v) is 2.31. The molecule has 0 aliphatic carbocycles. The minimum Gasteiger partial charge on any atom is -0.468 e. The number of nitrogens with two attached hydrogens (primary N) is 1. The van der Waals surface area contributed by atoms with Crippen molar-refractivity contribution < 1.29 is 9.53 Å². The smallest absolute Gasteiger partial charge is 0.322 e. The van der Waals surface area contributed by atoms with Crippen molar-refractivity contribution >= 4 is 29.5 Å². The van der Waals surface area contributed by atoms with Crippen LogP contribution in [0.15, 0.2) is 0 Å². The predicted octanol–water partition coefficient (Wildman–Crippen LogP) is 0.929. The summed E-state index contributed by atoms with van der Waals surface area (Å²) in [5, 5.41) is 0. The van der Waals surface area contributed by atoms with Gasteiger partial charge in [0, 0.05) is 0 Å². The Morgan fingerprint density at radius 3 is 2.33 bits per heavy atom. The Bertz CT molecular complexity index is 139. The summed E-state index contributed by atoms with van der Waals surface area (Å²) < 4.78 is 4.89. The van der Waals surface area contributed by atoms with Crippen LogP contribution in [0.2, 0.25) is 0 Å². The second kappa shape index (κ2) is 6.62. The Morgan fingerprint density at radius 1 is 1.50 bits per heavy atom. The summed E-state index contributed by atoms with van der Waals surface area (Å²) in [6.45, 7) is 0. The van der Waals surface area contributed by atoms with E-state index in [1.54, 1.807) is 23.5 Å². The SMILES string of the molecule is COC(=O)C(N)CC(SC)SC. The van der Waals surface area contributed by atoms with Gasteiger partial charge in [0.1, 0.15) is 6.04 Å². The van der Waals surface area contributed by atoms with E-state index in [1.807, 2.05) is 12.5 Å². The lowest BCUT2D eigenvalue weighted by Crippen LogP contribution is -2.33. The molecule has 0 fully saturated rings. The van der Waals surface area contributed by atoms with E-state index in [2.05, 4.69) is 4.74 Å². The molecule has 3 nitrogen and oxygen atoms in total. The molecule has 5 heteroatoms. The normalized spacial score (nSPS) is 13.1. The van der Waals surface area contributed by atoms with Crippen molar-refractivity contribution in [2.45, 2.75) is 17.0 Å². The molecule has 1 atom stereocenters. The van der Waals surface area contributed by atoms with Crippen LogP contribution in [-0.4, -0.2) is 36.2 Å². The monoisotopic (exact) mass is 209 g/mol. The largest absolute Gasteiger partial charge is 0.468 e. The van der Waals surface area contributed by atoms with E-state index in [9.17, 15) is 4.79 Å². The Hall–Kier alpha value is 0.130. The zero-order valence-electron chi connectivity index (χ0n) is 7.57. The Kier molecular flexibility index (Phi) is 6.70. The Labute approximate surface area is 81.8 Å². The summed E-state index contributed by atoms with van der Waals surface area (Å²) in [5.74, 6) is -0.330. The van der Waals surface area contributed by atoms with Gasteiger partial charge in [0.2, 0.25) is 0 Å². The van der Waals surface area contributed by atoms with Gasteiger partial charge >= 0.3 is 5.97 Å². The van der Waals surface area contributed by atoms with E-state index >= 15 is 0 Å². The maximum absolute atomic E-state index is 10.9. The fraction of sp³-hybridized carbons (Fsp3) is 0.857. The summed E-state index contributed by atoms with van der Waals surface area (Å²) >= 11 is 3.40. The lowest BCUT2D eigenvalue weighted by Gasteiger charge is -2.15. The van der Waals surface area contributed by atoms with Gasteiger partial charge in [0.05, 0.1) is 11.7 Å². The topological polar surface area (TPSA) is 52.3 Å². The van der Waals surface area contributed by atoms with Crippen LogP contribution in [0.25, 0.3) is 0 Å². The highest BCUT2D eigenvalue weighted by atomic mass is 32.2. The summed E-state index contributed by atoms with van der Waals surface area (Å²) in [5.41, 5.74) is 5.58. The highest BCUT2D eigenvalue weighted by molar-refractivity contribution is 8.16. The molecule has 0 spiro atoms. The number of hydrogen-bond acceptors (Lipinski definition) is 5. The molecule has 0 aromatic rings. The summed E-state index contributed by atoms with van der Waals surface area (Å²) in [4.78, 5) is 10.9. The van der Waals surface area contributed by atoms with Crippen molar-refractivity contribution in [1.82, 2.24) is 0 Å². The quantitative estimate of drug-likeness (QED) is 0.539. The molecule has 0 rings (SSSR count). The number of carbonyl (C=O) groups excluding carboxylic acids is 1. The molecule has 0 amide bonds. The standard InChI is InChI=1S/C7H15NO2S2/c1-10-7(9)5(8)4-6(11-2)12-3/h5-6H,4,8H2,1-3H3. The number of carbonyl (C=O) groups is 1. The van der Waals surface area contributed by atoms with Crippen molar-refractivity contribution in [2.75, 3.05) is 19.6 Å². The second-order valence-corrected chi connectivity index (χ2v) is 4.65. The highest BCUT2D eigenvalue weighted by Gasteiger charge is 2.18. The first-order valence-electron chi connectivity index (χ1n) is 3.54. The average molecular weight is 209 g/mol. The predicted molar refractivity (Wildman–Crippen MR) is 55.4 cm³/mol. The number of rotatable bonds is 5. The van der Waals surface area contributed by atoms with Crippen LogP contribution in [0.1, 0.15) is 6.42 Å². The molecule has 0 aromatic heterocycles. The lowest BCUT2D eigenvalue weighted by atomic mass is 10.2. The molecule has 0 radical (unpaired) electrons. The first-order valence-corrected chi connectivity index (χ1v) is 6.12. The van der Waals surface area contributed by atoms with Crippen LogP contribution in [-0.2, 0) is 9.53 Å². The van der Waals surface area contributed by atoms with Crippen LogP contribution in [0.5, 0.6) is 0 Å². The maximum Gasteiger partial charge on any atom is 0.322 e. The Balaban J connectivity index is 3.80. The van der Waals surface area contributed by atoms with E-state index < -0.39 is 6.04 Å². The van der Waals surface area contributed by atoms with Gasteiger partial charge in [-0.2, -0.15) is 23.5 Å². The van der Waals surface area contributed by atoms with Crippen molar-refractivity contribution in [3.63, 3.8) is 0 Å². The molecule has 0 aliphatic heterocycles. The van der Waals surface area contributed by atoms with Gasteiger partial charge in [-0.05, 0) is 18.9 Å². The number of thioether (sulfide) groups is 2. The maximum atomic E-state index is 10.9. The second-order valence-electron chi connectivity index (χ2n) is 2.27. The zero-order valence-corrected chi connectivity index (χ0v) is 9.21. The van der Waals surface area contributed by atoms with E-state index in [4.69, 9.17) is 5.73 Å². The molecule has 2 N–H and O–H groups in total. The number of ether oxygens (including phenoxy) is 1. The lowest BCUT2D eigenvalue weighted by molar-refractivity contribution is -0.142. The van der Waals surface area contributed by atoms with Crippen molar-refractivity contribution in [3.8, 4) is 0 Å². The van der Waals surface area contributed by atoms with Gasteiger partial charge in [-0.1, -0.05) is 0 Å². The molecule has 0 heterocycles. The van der Waals surface area contributed by atoms with Crippen LogP contribution in [0.4, 0.5) is 0 Å². The van der Waals surface area contributed by atoms with E-state index in [0.717, 1.165) is 0 Å². The molecular weight excluding hydrogens is 194 g/mol. The molecule has 12 heavy (non-hydrogen) atoms. The number of hydrogen-bond donors (Lipinski definition) is 1. The molecule has 0 bridgehead atoms. The van der Waals surface area contributed by atoms with Gasteiger partial charge < -0.3 is 10.5 Å². The molecule has 72 valence electrons. The number of esters is 1. The third-order valence-corrected chi connectivity index (χ3v) is 4.07. The van der Waals surface area contributed by atoms with Gasteiger partial charge in [-0.25, -0.2) is 0 Å². The van der Waals surface area contributed by atoms with Gasteiger partial charge in [0.15, 0.2) is 0 Å². The first-order chi connectivity index (χ1) is 5.65. The summed E-state index contributed by atoms with van der Waals surface area (Å²) in [7, 11) is 1.36. The van der Waals surface area contributed by atoms with Crippen LogP contribution >= 0.6 is 23.5 Å². The van der Waals surface area contributed by atoms with Crippen LogP contribution < -0.4 is 5.73 Å². The molecule has 0 saturated heterocycles. The fourth-order valence-electron chi connectivity index (χ4n) is 0.744. The van der Waals surface area contributed by atoms with Crippen molar-refractivity contribution in [2.24, 2.45) is 5.73 Å². The van der Waals surface area contributed by atoms with Crippen molar-refractivity contribution in [3.05, 3.63) is 0 Å². The third-order valence-electron chi connectivity index (χ3n) is 1.48. The van der Waals surface area contributed by atoms with Crippen LogP contribution in [0.3, 0.4) is 0 Å². The first kappa shape index (κ1) is 12.1. The molecule has 0 aliphatic rings. The van der Waals surface area contributed by atoms with E-state index in [0.29, 0.717) is 11.0 Å². The van der Waals surface area contributed by atoms with Gasteiger partial charge in [0.25, 0.3) is 0 Å². The summed E-state index contributed by atoms with van der Waals surface area (Å²) in [6, 6.07) is -0.486. The molecule has 0 aromatic carbocycles. The highest BCUT2D eigenvalue weighted by Crippen LogP contribution is 2.22. The summed E-state index contributed by atoms with van der Waals surface area (Å²) in [6.07, 6.45) is 4.67. The van der Waals surface area contributed by atoms with Gasteiger partial charge in [-0.15, -0.1) is 0 Å². The Morgan fingerprint density at radius 2 is 2.00 bits per heavy atom. The average Bonchev–Trinajstić information content (AvgIpc) is 2.12.